The maximum atomic E-state index is 13.3. The fourth-order valence-corrected chi connectivity index (χ4v) is 4.65. The smallest absolute Gasteiger partial charge is 0.331 e. The van der Waals surface area contributed by atoms with Crippen LogP contribution in [0.3, 0.4) is 0 Å². The lowest BCUT2D eigenvalue weighted by Crippen LogP contribution is -2.45. The quantitative estimate of drug-likeness (QED) is 0.496. The summed E-state index contributed by atoms with van der Waals surface area (Å²) in [4.78, 5) is 37.4. The molecule has 1 aliphatic heterocycles. The molecule has 2 aromatic carbocycles. The fourth-order valence-electron chi connectivity index (χ4n) is 4.65. The minimum atomic E-state index is -0.262. The van der Waals surface area contributed by atoms with Gasteiger partial charge >= 0.3 is 5.69 Å². The van der Waals surface area contributed by atoms with Crippen molar-refractivity contribution in [3.05, 3.63) is 69.1 Å². The van der Waals surface area contributed by atoms with Gasteiger partial charge in [-0.15, -0.1) is 0 Å². The van der Waals surface area contributed by atoms with E-state index < -0.39 is 0 Å². The molecule has 0 N–H and O–H groups in total. The van der Waals surface area contributed by atoms with Gasteiger partial charge in [0.05, 0.1) is 23.5 Å². The average Bonchev–Trinajstić information content (AvgIpc) is 2.82. The van der Waals surface area contributed by atoms with E-state index >= 15 is 0 Å². The molecule has 164 valence electrons. The molecule has 8 heteroatoms. The number of aryl methyl sites for hydroxylation is 2. The predicted octanol–water partition coefficient (Wildman–Crippen LogP) is 2.80. The van der Waals surface area contributed by atoms with Gasteiger partial charge in [-0.1, -0.05) is 11.6 Å². The standard InChI is InChI=1S/C24H25N5O3/c1-15-4-7-21-19(12-15)23(30)29(24(31)27(21)2)16-8-10-28(11-9-16)22-18-13-17(32-3)5-6-20(18)25-14-26-22/h4-7,12-14,16H,8-11H2,1-3H3. The number of hydrogen-bond acceptors (Lipinski definition) is 6. The molecular formula is C24H25N5O3. The normalized spacial score (nSPS) is 14.9. The molecule has 8 nitrogen and oxygen atoms in total. The number of fused-ring (bicyclic) bond motifs is 2. The van der Waals surface area contributed by atoms with E-state index in [9.17, 15) is 9.59 Å². The molecule has 32 heavy (non-hydrogen) atoms. The molecule has 0 radical (unpaired) electrons. The molecule has 2 aromatic heterocycles. The third kappa shape index (κ3) is 3.23. The number of aromatic nitrogens is 4. The van der Waals surface area contributed by atoms with E-state index in [0.29, 0.717) is 36.8 Å². The summed E-state index contributed by atoms with van der Waals surface area (Å²) >= 11 is 0. The molecule has 0 bridgehead atoms. The molecule has 0 spiro atoms. The van der Waals surface area contributed by atoms with Crippen molar-refractivity contribution < 1.29 is 4.74 Å². The number of methoxy groups -OCH3 is 1. The van der Waals surface area contributed by atoms with Crippen molar-refractivity contribution in [2.45, 2.75) is 25.8 Å². The highest BCUT2D eigenvalue weighted by atomic mass is 16.5. The lowest BCUT2D eigenvalue weighted by molar-refractivity contribution is 0.371. The molecule has 5 rings (SSSR count). The van der Waals surface area contributed by atoms with Crippen molar-refractivity contribution in [2.75, 3.05) is 25.1 Å². The minimum Gasteiger partial charge on any atom is -0.497 e. The Morgan fingerprint density at radius 3 is 2.53 bits per heavy atom. The van der Waals surface area contributed by atoms with Crippen LogP contribution in [0.2, 0.25) is 0 Å². The molecule has 1 aliphatic rings. The summed E-state index contributed by atoms with van der Waals surface area (Å²) in [7, 11) is 3.37. The second-order valence-corrected chi connectivity index (χ2v) is 8.34. The molecule has 0 saturated carbocycles. The van der Waals surface area contributed by atoms with Crippen LogP contribution in [0.4, 0.5) is 5.82 Å². The molecule has 1 fully saturated rings. The van der Waals surface area contributed by atoms with Gasteiger partial charge in [0, 0.05) is 31.6 Å². The average molecular weight is 431 g/mol. The van der Waals surface area contributed by atoms with Crippen LogP contribution < -0.4 is 20.9 Å². The van der Waals surface area contributed by atoms with Crippen LogP contribution >= 0.6 is 0 Å². The highest BCUT2D eigenvalue weighted by molar-refractivity contribution is 5.90. The Hall–Kier alpha value is -3.68. The lowest BCUT2D eigenvalue weighted by atomic mass is 10.0. The molecular weight excluding hydrogens is 406 g/mol. The molecule has 3 heterocycles. The molecule has 0 atom stereocenters. The number of rotatable bonds is 3. The zero-order chi connectivity index (χ0) is 22.4. The summed E-state index contributed by atoms with van der Waals surface area (Å²) in [6, 6.07) is 11.2. The topological polar surface area (TPSA) is 82.2 Å². The fraction of sp³-hybridized carbons (Fsp3) is 0.333. The van der Waals surface area contributed by atoms with Crippen molar-refractivity contribution in [1.82, 2.24) is 19.1 Å². The van der Waals surface area contributed by atoms with E-state index in [1.807, 2.05) is 43.3 Å². The number of benzene rings is 2. The molecule has 4 aromatic rings. The van der Waals surface area contributed by atoms with Crippen LogP contribution in [-0.2, 0) is 7.05 Å². The largest absolute Gasteiger partial charge is 0.497 e. The van der Waals surface area contributed by atoms with Gasteiger partial charge in [0.15, 0.2) is 0 Å². The molecule has 0 amide bonds. The first kappa shape index (κ1) is 20.2. The van der Waals surface area contributed by atoms with Gasteiger partial charge in [0.25, 0.3) is 5.56 Å². The first-order valence-corrected chi connectivity index (χ1v) is 10.7. The summed E-state index contributed by atoms with van der Waals surface area (Å²) in [5.41, 5.74) is 2.05. The van der Waals surface area contributed by atoms with Crippen molar-refractivity contribution >= 4 is 27.6 Å². The van der Waals surface area contributed by atoms with Gasteiger partial charge in [-0.2, -0.15) is 0 Å². The summed E-state index contributed by atoms with van der Waals surface area (Å²) < 4.78 is 8.39. The summed E-state index contributed by atoms with van der Waals surface area (Å²) in [5, 5.41) is 1.52. The van der Waals surface area contributed by atoms with Gasteiger partial charge < -0.3 is 9.64 Å². The molecule has 0 aliphatic carbocycles. The number of anilines is 1. The van der Waals surface area contributed by atoms with Crippen molar-refractivity contribution in [3.63, 3.8) is 0 Å². The Morgan fingerprint density at radius 2 is 1.78 bits per heavy atom. The van der Waals surface area contributed by atoms with Crippen LogP contribution in [0.15, 0.2) is 52.3 Å². The SMILES string of the molecule is COc1ccc2ncnc(N3CCC(n4c(=O)c5cc(C)ccc5n(C)c4=O)CC3)c2c1. The summed E-state index contributed by atoms with van der Waals surface area (Å²) in [6.45, 7) is 3.33. The highest BCUT2D eigenvalue weighted by Crippen LogP contribution is 2.30. The summed E-state index contributed by atoms with van der Waals surface area (Å²) in [6.07, 6.45) is 2.94. The summed E-state index contributed by atoms with van der Waals surface area (Å²) in [5.74, 6) is 1.60. The second kappa shape index (κ2) is 7.78. The van der Waals surface area contributed by atoms with Gasteiger partial charge in [0.2, 0.25) is 0 Å². The maximum Gasteiger partial charge on any atom is 0.331 e. The van der Waals surface area contributed by atoms with E-state index in [2.05, 4.69) is 14.9 Å². The second-order valence-electron chi connectivity index (χ2n) is 8.34. The van der Waals surface area contributed by atoms with E-state index in [1.54, 1.807) is 25.1 Å². The Morgan fingerprint density at radius 1 is 1.00 bits per heavy atom. The van der Waals surface area contributed by atoms with Crippen LogP contribution in [0, 0.1) is 6.92 Å². The first-order chi connectivity index (χ1) is 15.5. The lowest BCUT2D eigenvalue weighted by Gasteiger charge is -2.34. The van der Waals surface area contributed by atoms with Crippen LogP contribution in [0.1, 0.15) is 24.4 Å². The third-order valence-electron chi connectivity index (χ3n) is 6.41. The van der Waals surface area contributed by atoms with E-state index in [1.165, 1.54) is 4.57 Å². The van der Waals surface area contributed by atoms with E-state index in [4.69, 9.17) is 4.74 Å². The monoisotopic (exact) mass is 431 g/mol. The van der Waals surface area contributed by atoms with Gasteiger partial charge in [-0.25, -0.2) is 14.8 Å². The van der Waals surface area contributed by atoms with Crippen molar-refractivity contribution in [1.29, 1.82) is 0 Å². The van der Waals surface area contributed by atoms with E-state index in [0.717, 1.165) is 28.0 Å². The number of piperidine rings is 1. The van der Waals surface area contributed by atoms with Crippen LogP contribution in [0.25, 0.3) is 21.8 Å². The van der Waals surface area contributed by atoms with Gasteiger partial charge in [-0.3, -0.25) is 13.9 Å². The number of hydrogen-bond donors (Lipinski definition) is 0. The van der Waals surface area contributed by atoms with Crippen LogP contribution in [-0.4, -0.2) is 39.3 Å². The van der Waals surface area contributed by atoms with Gasteiger partial charge in [0.1, 0.15) is 17.9 Å². The van der Waals surface area contributed by atoms with E-state index in [-0.39, 0.29) is 17.3 Å². The Kier molecular flexibility index (Phi) is 4.92. The zero-order valence-corrected chi connectivity index (χ0v) is 18.4. The minimum absolute atomic E-state index is 0.148. The van der Waals surface area contributed by atoms with Gasteiger partial charge in [-0.05, 0) is 50.1 Å². The Bertz CT molecular complexity index is 1450. The zero-order valence-electron chi connectivity index (χ0n) is 18.4. The van der Waals surface area contributed by atoms with Crippen LogP contribution in [0.5, 0.6) is 5.75 Å². The number of nitrogens with zero attached hydrogens (tertiary/aromatic N) is 5. The molecule has 1 saturated heterocycles. The third-order valence-corrected chi connectivity index (χ3v) is 6.41. The maximum absolute atomic E-state index is 13.3. The highest BCUT2D eigenvalue weighted by Gasteiger charge is 2.26. The Balaban J connectivity index is 1.49. The predicted molar refractivity (Wildman–Crippen MR) is 125 cm³/mol. The Labute approximate surface area is 184 Å². The van der Waals surface area contributed by atoms with Crippen molar-refractivity contribution in [3.8, 4) is 5.75 Å². The molecule has 0 unspecified atom stereocenters. The first-order valence-electron chi connectivity index (χ1n) is 10.7. The number of ether oxygens (including phenoxy) is 1. The van der Waals surface area contributed by atoms with Crippen molar-refractivity contribution in [2.24, 2.45) is 7.05 Å².